The van der Waals surface area contributed by atoms with Crippen molar-refractivity contribution in [2.24, 2.45) is 7.05 Å². The Morgan fingerprint density at radius 1 is 1.44 bits per heavy atom. The van der Waals surface area contributed by atoms with Crippen molar-refractivity contribution in [1.82, 2.24) is 14.5 Å². The van der Waals surface area contributed by atoms with Gasteiger partial charge in [0.1, 0.15) is 5.82 Å². The van der Waals surface area contributed by atoms with Crippen LogP contribution in [0.25, 0.3) is 22.2 Å². The van der Waals surface area contributed by atoms with E-state index >= 15 is 0 Å². The Hall–Kier alpha value is -2.77. The summed E-state index contributed by atoms with van der Waals surface area (Å²) in [5.41, 5.74) is 3.12. The molecule has 1 amide bonds. The standard InChI is InChI=1S/C20H22N4O3/c1-13(26)22-19-8-14-15(10-24(2)17(14)9-21-19)16-4-3-5-18(23-16)20(11-25)6-7-27-12-20/h3-5,8-10,25H,6-7,11-12H2,1-2H3,(H,21,22,26)/t20-/m1/s1. The highest BCUT2D eigenvalue weighted by molar-refractivity contribution is 5.98. The van der Waals surface area contributed by atoms with Crippen LogP contribution in [-0.2, 0) is 22.0 Å². The maximum Gasteiger partial charge on any atom is 0.222 e. The highest BCUT2D eigenvalue weighted by atomic mass is 16.5. The highest BCUT2D eigenvalue weighted by Crippen LogP contribution is 2.35. The minimum atomic E-state index is -0.441. The number of aliphatic hydroxyl groups is 1. The summed E-state index contributed by atoms with van der Waals surface area (Å²) in [5, 5.41) is 13.6. The molecule has 0 bridgehead atoms. The fourth-order valence-electron chi connectivity index (χ4n) is 3.63. The van der Waals surface area contributed by atoms with Crippen LogP contribution in [0, 0.1) is 0 Å². The number of pyridine rings is 2. The molecular weight excluding hydrogens is 344 g/mol. The van der Waals surface area contributed by atoms with Crippen molar-refractivity contribution in [3.8, 4) is 11.3 Å². The molecule has 4 heterocycles. The van der Waals surface area contributed by atoms with Crippen molar-refractivity contribution in [2.75, 3.05) is 25.1 Å². The number of rotatable bonds is 4. The van der Waals surface area contributed by atoms with E-state index in [4.69, 9.17) is 9.72 Å². The average molecular weight is 366 g/mol. The van der Waals surface area contributed by atoms with Gasteiger partial charge in [-0.25, -0.2) is 4.98 Å². The number of aromatic nitrogens is 3. The summed E-state index contributed by atoms with van der Waals surface area (Å²) in [6.45, 7) is 2.58. The van der Waals surface area contributed by atoms with Crippen molar-refractivity contribution >= 4 is 22.6 Å². The van der Waals surface area contributed by atoms with Gasteiger partial charge >= 0.3 is 0 Å². The van der Waals surface area contributed by atoms with Gasteiger partial charge in [0.15, 0.2) is 0 Å². The molecule has 0 spiro atoms. The van der Waals surface area contributed by atoms with E-state index in [1.165, 1.54) is 6.92 Å². The van der Waals surface area contributed by atoms with Crippen molar-refractivity contribution < 1.29 is 14.6 Å². The molecular formula is C20H22N4O3. The lowest BCUT2D eigenvalue weighted by Gasteiger charge is -2.24. The molecule has 1 aliphatic heterocycles. The third-order valence-corrected chi connectivity index (χ3v) is 5.15. The molecule has 1 saturated heterocycles. The van der Waals surface area contributed by atoms with E-state index in [1.807, 2.05) is 42.1 Å². The molecule has 1 fully saturated rings. The number of amides is 1. The molecule has 0 aromatic carbocycles. The molecule has 27 heavy (non-hydrogen) atoms. The number of anilines is 1. The van der Waals surface area contributed by atoms with E-state index in [0.717, 1.165) is 34.3 Å². The quantitative estimate of drug-likeness (QED) is 0.739. The van der Waals surface area contributed by atoms with Crippen molar-refractivity contribution in [3.63, 3.8) is 0 Å². The Morgan fingerprint density at radius 3 is 3.00 bits per heavy atom. The van der Waals surface area contributed by atoms with E-state index in [0.29, 0.717) is 19.0 Å². The van der Waals surface area contributed by atoms with Crippen LogP contribution in [0.1, 0.15) is 19.0 Å². The van der Waals surface area contributed by atoms with Gasteiger partial charge in [0.05, 0.1) is 41.7 Å². The zero-order chi connectivity index (χ0) is 19.0. The number of hydrogen-bond acceptors (Lipinski definition) is 5. The van der Waals surface area contributed by atoms with Gasteiger partial charge in [-0.15, -0.1) is 0 Å². The van der Waals surface area contributed by atoms with Gasteiger partial charge in [-0.1, -0.05) is 6.07 Å². The highest BCUT2D eigenvalue weighted by Gasteiger charge is 2.37. The Morgan fingerprint density at radius 2 is 2.30 bits per heavy atom. The molecule has 1 atom stereocenters. The lowest BCUT2D eigenvalue weighted by Crippen LogP contribution is -2.32. The first-order chi connectivity index (χ1) is 13.0. The maximum atomic E-state index is 11.4. The third-order valence-electron chi connectivity index (χ3n) is 5.15. The fraction of sp³-hybridized carbons (Fsp3) is 0.350. The number of fused-ring (bicyclic) bond motifs is 1. The van der Waals surface area contributed by atoms with Crippen molar-refractivity contribution in [1.29, 1.82) is 0 Å². The summed E-state index contributed by atoms with van der Waals surface area (Å²) >= 11 is 0. The lowest BCUT2D eigenvalue weighted by molar-refractivity contribution is -0.114. The molecule has 0 radical (unpaired) electrons. The molecule has 0 aliphatic carbocycles. The van der Waals surface area contributed by atoms with Gasteiger partial charge in [-0.2, -0.15) is 0 Å². The van der Waals surface area contributed by atoms with Gasteiger partial charge in [0, 0.05) is 37.7 Å². The van der Waals surface area contributed by atoms with E-state index in [2.05, 4.69) is 10.3 Å². The summed E-state index contributed by atoms with van der Waals surface area (Å²) in [6.07, 6.45) is 4.51. The van der Waals surface area contributed by atoms with Crippen molar-refractivity contribution in [2.45, 2.75) is 18.8 Å². The largest absolute Gasteiger partial charge is 0.395 e. The summed E-state index contributed by atoms with van der Waals surface area (Å²) in [4.78, 5) is 20.5. The molecule has 2 N–H and O–H groups in total. The summed E-state index contributed by atoms with van der Waals surface area (Å²) < 4.78 is 7.52. The van der Waals surface area contributed by atoms with Gasteiger partial charge in [-0.3, -0.25) is 9.78 Å². The molecule has 7 nitrogen and oxygen atoms in total. The summed E-state index contributed by atoms with van der Waals surface area (Å²) in [5.74, 6) is 0.347. The van der Waals surface area contributed by atoms with E-state index in [1.54, 1.807) is 6.20 Å². The van der Waals surface area contributed by atoms with Gasteiger partial charge in [-0.05, 0) is 24.6 Å². The Bertz CT molecular complexity index is 1010. The Kier molecular flexibility index (Phi) is 4.41. The van der Waals surface area contributed by atoms with E-state index in [9.17, 15) is 9.90 Å². The molecule has 0 saturated carbocycles. The molecule has 4 rings (SSSR count). The number of nitrogens with zero attached hydrogens (tertiary/aromatic N) is 3. The SMILES string of the molecule is CC(=O)Nc1cc2c(-c3cccc([C@@]4(CO)CCOC4)n3)cn(C)c2cn1. The predicted octanol–water partition coefficient (Wildman–Crippen LogP) is 2.24. The van der Waals surface area contributed by atoms with Crippen LogP contribution in [0.3, 0.4) is 0 Å². The summed E-state index contributed by atoms with van der Waals surface area (Å²) in [6, 6.07) is 7.73. The van der Waals surface area contributed by atoms with Gasteiger partial charge < -0.3 is 19.7 Å². The number of aliphatic hydroxyl groups excluding tert-OH is 1. The number of hydrogen-bond donors (Lipinski definition) is 2. The second-order valence-corrected chi connectivity index (χ2v) is 7.07. The van der Waals surface area contributed by atoms with E-state index in [-0.39, 0.29) is 12.5 Å². The predicted molar refractivity (Wildman–Crippen MR) is 102 cm³/mol. The van der Waals surface area contributed by atoms with E-state index < -0.39 is 5.41 Å². The Balaban J connectivity index is 1.82. The first kappa shape index (κ1) is 17.6. The number of carbonyl (C=O) groups excluding carboxylic acids is 1. The topological polar surface area (TPSA) is 89.3 Å². The van der Waals surface area contributed by atoms with Crippen LogP contribution in [-0.4, -0.2) is 45.4 Å². The lowest BCUT2D eigenvalue weighted by atomic mass is 9.84. The molecule has 1 aliphatic rings. The van der Waals surface area contributed by atoms with Crippen LogP contribution in [0.5, 0.6) is 0 Å². The zero-order valence-corrected chi connectivity index (χ0v) is 15.4. The second-order valence-electron chi connectivity index (χ2n) is 7.07. The third kappa shape index (κ3) is 3.09. The minimum Gasteiger partial charge on any atom is -0.395 e. The van der Waals surface area contributed by atoms with Crippen LogP contribution >= 0.6 is 0 Å². The zero-order valence-electron chi connectivity index (χ0n) is 15.4. The average Bonchev–Trinajstić information content (AvgIpc) is 3.27. The molecule has 140 valence electrons. The maximum absolute atomic E-state index is 11.4. The number of ether oxygens (including phenoxy) is 1. The molecule has 3 aromatic rings. The van der Waals surface area contributed by atoms with Gasteiger partial charge in [0.25, 0.3) is 0 Å². The molecule has 7 heteroatoms. The van der Waals surface area contributed by atoms with Crippen LogP contribution in [0.2, 0.25) is 0 Å². The minimum absolute atomic E-state index is 0.00951. The normalized spacial score (nSPS) is 19.5. The Labute approximate surface area is 157 Å². The number of carbonyl (C=O) groups is 1. The number of nitrogens with one attached hydrogen (secondary N) is 1. The van der Waals surface area contributed by atoms with Crippen LogP contribution in [0.4, 0.5) is 5.82 Å². The smallest absolute Gasteiger partial charge is 0.222 e. The first-order valence-corrected chi connectivity index (χ1v) is 8.92. The fourth-order valence-corrected chi connectivity index (χ4v) is 3.63. The number of aryl methyl sites for hydroxylation is 1. The summed E-state index contributed by atoms with van der Waals surface area (Å²) in [7, 11) is 1.95. The monoisotopic (exact) mass is 366 g/mol. The second kappa shape index (κ2) is 6.75. The van der Waals surface area contributed by atoms with Crippen molar-refractivity contribution in [3.05, 3.63) is 42.4 Å². The molecule has 0 unspecified atom stereocenters. The van der Waals surface area contributed by atoms with Gasteiger partial charge in [0.2, 0.25) is 5.91 Å². The molecule has 3 aromatic heterocycles. The first-order valence-electron chi connectivity index (χ1n) is 8.92. The van der Waals surface area contributed by atoms with Crippen LogP contribution in [0.15, 0.2) is 36.7 Å². The van der Waals surface area contributed by atoms with Crippen LogP contribution < -0.4 is 5.32 Å².